The van der Waals surface area contributed by atoms with Crippen LogP contribution < -0.4 is 10.1 Å². The fourth-order valence-electron chi connectivity index (χ4n) is 4.90. The van der Waals surface area contributed by atoms with Gasteiger partial charge in [-0.3, -0.25) is 0 Å². The van der Waals surface area contributed by atoms with Crippen LogP contribution in [0.15, 0.2) is 77.7 Å². The second-order valence-electron chi connectivity index (χ2n) is 8.32. The van der Waals surface area contributed by atoms with Gasteiger partial charge in [0.1, 0.15) is 10.6 Å². The second-order valence-corrected chi connectivity index (χ2v) is 10.2. The molecule has 160 valence electrons. The number of rotatable bonds is 5. The van der Waals surface area contributed by atoms with Gasteiger partial charge in [-0.05, 0) is 41.3 Å². The minimum atomic E-state index is -3.59. The fraction of sp³-hybridized carbons (Fsp3) is 0.280. The van der Waals surface area contributed by atoms with Crippen LogP contribution in [0.4, 0.5) is 0 Å². The van der Waals surface area contributed by atoms with Crippen molar-refractivity contribution in [1.82, 2.24) is 9.62 Å². The Morgan fingerprint density at radius 3 is 2.23 bits per heavy atom. The average molecular weight is 435 g/mol. The molecule has 6 rings (SSSR count). The van der Waals surface area contributed by atoms with E-state index in [2.05, 4.69) is 60.8 Å². The number of hydrogen-bond donors (Lipinski definition) is 1. The largest absolute Gasteiger partial charge is 0.495 e. The number of para-hydroxylation sites is 1. The van der Waals surface area contributed by atoms with Crippen LogP contribution >= 0.6 is 0 Å². The van der Waals surface area contributed by atoms with Crippen LogP contribution in [0.3, 0.4) is 0 Å². The zero-order chi connectivity index (χ0) is 21.6. The number of ether oxygens (including phenoxy) is 1. The normalized spacial score (nSPS) is 23.2. The van der Waals surface area contributed by atoms with Gasteiger partial charge >= 0.3 is 0 Å². The van der Waals surface area contributed by atoms with Crippen molar-refractivity contribution in [3.63, 3.8) is 0 Å². The summed E-state index contributed by atoms with van der Waals surface area (Å²) < 4.78 is 33.3. The number of hydrogen-bond acceptors (Lipinski definition) is 4. The molecule has 1 unspecified atom stereocenters. The van der Waals surface area contributed by atoms with E-state index in [-0.39, 0.29) is 17.0 Å². The Hall–Kier alpha value is -2.67. The van der Waals surface area contributed by atoms with Crippen molar-refractivity contribution in [2.75, 3.05) is 20.2 Å². The molecule has 6 heteroatoms. The highest BCUT2D eigenvalue weighted by Crippen LogP contribution is 2.40. The quantitative estimate of drug-likeness (QED) is 0.664. The monoisotopic (exact) mass is 434 g/mol. The summed E-state index contributed by atoms with van der Waals surface area (Å²) in [4.78, 5) is 0.234. The van der Waals surface area contributed by atoms with Crippen molar-refractivity contribution < 1.29 is 13.2 Å². The van der Waals surface area contributed by atoms with Crippen LogP contribution in [0.25, 0.3) is 11.1 Å². The van der Waals surface area contributed by atoms with E-state index < -0.39 is 10.0 Å². The van der Waals surface area contributed by atoms with Crippen LogP contribution in [0.2, 0.25) is 0 Å². The summed E-state index contributed by atoms with van der Waals surface area (Å²) in [5, 5.41) is 3.53. The average Bonchev–Trinajstić information content (AvgIpc) is 2.80. The maximum atomic E-state index is 13.2. The van der Waals surface area contributed by atoms with Crippen LogP contribution in [0, 0.1) is 6.92 Å². The molecule has 3 heterocycles. The lowest BCUT2D eigenvalue weighted by atomic mass is 9.75. The Kier molecular flexibility index (Phi) is 5.08. The zero-order valence-electron chi connectivity index (χ0n) is 17.7. The standard InChI is InChI=1S/C25H26N2O3S/c1-17-7-3-4-8-20(17)18-11-13-19(14-12-18)25-21-15-27(16-22(25)26-21)31(28,29)24-10-6-5-9-23(24)30-2/h3-14,21-22,25-26H,15-16H2,1-2H3/t21-,22+,25?. The first-order chi connectivity index (χ1) is 15.0. The molecule has 0 saturated carbocycles. The number of fused-ring (bicyclic) bond motifs is 2. The zero-order valence-corrected chi connectivity index (χ0v) is 18.5. The lowest BCUT2D eigenvalue weighted by Gasteiger charge is -2.54. The van der Waals surface area contributed by atoms with Crippen molar-refractivity contribution >= 4 is 10.0 Å². The summed E-state index contributed by atoms with van der Waals surface area (Å²) in [5.74, 6) is 0.716. The minimum Gasteiger partial charge on any atom is -0.495 e. The van der Waals surface area contributed by atoms with E-state index in [0.717, 1.165) is 0 Å². The SMILES string of the molecule is COc1ccccc1S(=O)(=O)N1C[C@@H]2N[C@H](C1)C2c1ccc(-c2ccccc2C)cc1. The Labute approximate surface area is 183 Å². The molecule has 3 aromatic rings. The van der Waals surface area contributed by atoms with Crippen molar-refractivity contribution in [1.29, 1.82) is 0 Å². The second kappa shape index (κ2) is 7.79. The van der Waals surface area contributed by atoms with Gasteiger partial charge in [0, 0.05) is 31.1 Å². The van der Waals surface area contributed by atoms with Gasteiger partial charge in [-0.1, -0.05) is 60.7 Å². The maximum absolute atomic E-state index is 13.2. The smallest absolute Gasteiger partial charge is 0.246 e. The molecule has 0 aliphatic carbocycles. The predicted molar refractivity (Wildman–Crippen MR) is 122 cm³/mol. The molecule has 2 bridgehead atoms. The Morgan fingerprint density at radius 2 is 1.55 bits per heavy atom. The number of piperazine rings is 1. The van der Waals surface area contributed by atoms with Gasteiger partial charge in [-0.15, -0.1) is 0 Å². The van der Waals surface area contributed by atoms with Crippen molar-refractivity contribution in [2.24, 2.45) is 0 Å². The fourth-order valence-corrected chi connectivity index (χ4v) is 6.55. The Bertz CT molecular complexity index is 1200. The molecular weight excluding hydrogens is 408 g/mol. The highest BCUT2D eigenvalue weighted by molar-refractivity contribution is 7.89. The summed E-state index contributed by atoms with van der Waals surface area (Å²) in [6.45, 7) is 3.04. The topological polar surface area (TPSA) is 58.6 Å². The van der Waals surface area contributed by atoms with Gasteiger partial charge in [0.05, 0.1) is 7.11 Å². The Morgan fingerprint density at radius 1 is 0.903 bits per heavy atom. The van der Waals surface area contributed by atoms with Gasteiger partial charge in [-0.25, -0.2) is 8.42 Å². The highest BCUT2D eigenvalue weighted by atomic mass is 32.2. The number of piperidine rings is 1. The molecule has 31 heavy (non-hydrogen) atoms. The summed E-state index contributed by atoms with van der Waals surface area (Å²) >= 11 is 0. The first-order valence-electron chi connectivity index (χ1n) is 10.5. The van der Waals surface area contributed by atoms with Gasteiger partial charge in [0.25, 0.3) is 0 Å². The third-order valence-corrected chi connectivity index (χ3v) is 8.41. The van der Waals surface area contributed by atoms with E-state index in [1.165, 1.54) is 29.4 Å². The van der Waals surface area contributed by atoms with Crippen LogP contribution in [0.5, 0.6) is 5.75 Å². The molecule has 0 spiro atoms. The van der Waals surface area contributed by atoms with Crippen molar-refractivity contribution in [2.45, 2.75) is 29.8 Å². The number of nitrogens with zero attached hydrogens (tertiary/aromatic N) is 1. The third kappa shape index (κ3) is 3.45. The third-order valence-electron chi connectivity index (χ3n) is 6.53. The number of benzene rings is 3. The van der Waals surface area contributed by atoms with Crippen LogP contribution in [0.1, 0.15) is 17.0 Å². The molecule has 3 aromatic carbocycles. The molecule has 1 N–H and O–H groups in total. The van der Waals surface area contributed by atoms with E-state index in [1.807, 2.05) is 0 Å². The van der Waals surface area contributed by atoms with E-state index in [1.54, 1.807) is 28.6 Å². The molecule has 3 atom stereocenters. The minimum absolute atomic E-state index is 0.118. The molecule has 3 fully saturated rings. The maximum Gasteiger partial charge on any atom is 0.246 e. The lowest BCUT2D eigenvalue weighted by Crippen LogP contribution is -2.72. The van der Waals surface area contributed by atoms with E-state index in [4.69, 9.17) is 4.74 Å². The lowest BCUT2D eigenvalue weighted by molar-refractivity contribution is 0.101. The van der Waals surface area contributed by atoms with E-state index >= 15 is 0 Å². The molecule has 3 aliphatic rings. The number of aryl methyl sites for hydroxylation is 1. The van der Waals surface area contributed by atoms with Gasteiger partial charge in [0.15, 0.2) is 0 Å². The van der Waals surface area contributed by atoms with Gasteiger partial charge in [-0.2, -0.15) is 4.31 Å². The van der Waals surface area contributed by atoms with Gasteiger partial charge in [0.2, 0.25) is 10.0 Å². The van der Waals surface area contributed by atoms with Crippen LogP contribution in [-0.2, 0) is 10.0 Å². The molecule has 0 radical (unpaired) electrons. The first kappa shape index (κ1) is 20.2. The summed E-state index contributed by atoms with van der Waals surface area (Å²) in [5.41, 5.74) is 4.98. The molecular formula is C25H26N2O3S. The summed E-state index contributed by atoms with van der Waals surface area (Å²) in [6, 6.07) is 24.2. The highest BCUT2D eigenvalue weighted by Gasteiger charge is 2.50. The number of methoxy groups -OCH3 is 1. The number of sulfonamides is 1. The summed E-state index contributed by atoms with van der Waals surface area (Å²) in [6.07, 6.45) is 0. The first-order valence-corrected chi connectivity index (χ1v) is 12.0. The van der Waals surface area contributed by atoms with Crippen LogP contribution in [-0.4, -0.2) is 45.0 Å². The molecule has 3 saturated heterocycles. The summed E-state index contributed by atoms with van der Waals surface area (Å²) in [7, 11) is -2.09. The van der Waals surface area contributed by atoms with Crippen molar-refractivity contribution in [3.8, 4) is 16.9 Å². The van der Waals surface area contributed by atoms with E-state index in [0.29, 0.717) is 24.8 Å². The van der Waals surface area contributed by atoms with Crippen molar-refractivity contribution in [3.05, 3.63) is 83.9 Å². The van der Waals surface area contributed by atoms with E-state index in [9.17, 15) is 8.42 Å². The van der Waals surface area contributed by atoms with Gasteiger partial charge < -0.3 is 10.1 Å². The molecule has 3 aliphatic heterocycles. The molecule has 5 nitrogen and oxygen atoms in total. The molecule has 0 aromatic heterocycles. The Balaban J connectivity index is 1.34. The predicted octanol–water partition coefficient (Wildman–Crippen LogP) is 3.80. The number of nitrogens with one attached hydrogen (secondary N) is 1. The molecule has 0 amide bonds.